The smallest absolute Gasteiger partial charge is 0.355 e. The third kappa shape index (κ3) is 3.93. The summed E-state index contributed by atoms with van der Waals surface area (Å²) in [6.45, 7) is 3.41. The summed E-state index contributed by atoms with van der Waals surface area (Å²) < 4.78 is 5.53. The highest BCUT2D eigenvalue weighted by atomic mass is 16.6. The summed E-state index contributed by atoms with van der Waals surface area (Å²) in [6.07, 6.45) is -1.04. The molecule has 1 fully saturated rings. The number of hydrogen-bond donors (Lipinski definition) is 1. The van der Waals surface area contributed by atoms with Gasteiger partial charge in [0, 0.05) is 23.6 Å². The molecule has 0 unspecified atom stereocenters. The molecule has 1 N–H and O–H groups in total. The summed E-state index contributed by atoms with van der Waals surface area (Å²) in [5.74, 6) is -1.81. The van der Waals surface area contributed by atoms with Crippen LogP contribution in [0.15, 0.2) is 71.0 Å². The molecule has 0 aliphatic carbocycles. The number of aliphatic hydroxyl groups excluding tert-OH is 1. The maximum absolute atomic E-state index is 13.3. The lowest BCUT2D eigenvalue weighted by Crippen LogP contribution is -2.61. The van der Waals surface area contributed by atoms with Crippen LogP contribution in [0.25, 0.3) is 0 Å². The molecule has 0 spiro atoms. The van der Waals surface area contributed by atoms with Crippen molar-refractivity contribution in [3.05, 3.63) is 87.1 Å². The monoisotopic (exact) mass is 491 g/mol. The Balaban J connectivity index is 1.40. The molecular weight excluding hydrogens is 466 g/mol. The molecule has 0 radical (unpaired) electrons. The van der Waals surface area contributed by atoms with Gasteiger partial charge in [0.15, 0.2) is 6.10 Å². The number of nitro groups is 1. The molecule has 5 atom stereocenters. The lowest BCUT2D eigenvalue weighted by molar-refractivity contribution is -0.384. The maximum atomic E-state index is 13.3. The van der Waals surface area contributed by atoms with E-state index >= 15 is 0 Å². The van der Waals surface area contributed by atoms with Crippen LogP contribution in [0.5, 0.6) is 0 Å². The number of amides is 1. The molecular formula is C26H25N3O7. The van der Waals surface area contributed by atoms with E-state index in [1.54, 1.807) is 6.92 Å². The molecule has 3 heterocycles. The molecule has 0 bridgehead atoms. The molecule has 1 saturated heterocycles. The fourth-order valence-corrected chi connectivity index (χ4v) is 5.20. The zero-order chi connectivity index (χ0) is 25.6. The lowest BCUT2D eigenvalue weighted by atomic mass is 9.81. The number of non-ortho nitro benzene ring substituents is 1. The number of hydrogen-bond acceptors (Lipinski definition) is 8. The van der Waals surface area contributed by atoms with Gasteiger partial charge in [-0.2, -0.15) is 0 Å². The van der Waals surface area contributed by atoms with Crippen molar-refractivity contribution >= 4 is 23.3 Å². The van der Waals surface area contributed by atoms with Gasteiger partial charge in [-0.05, 0) is 36.6 Å². The normalized spacial score (nSPS) is 25.6. The van der Waals surface area contributed by atoms with Gasteiger partial charge in [-0.25, -0.2) is 4.79 Å². The van der Waals surface area contributed by atoms with Gasteiger partial charge in [0.25, 0.3) is 5.69 Å². The van der Waals surface area contributed by atoms with Crippen molar-refractivity contribution in [2.24, 2.45) is 17.0 Å². The van der Waals surface area contributed by atoms with Crippen molar-refractivity contribution in [1.82, 2.24) is 4.90 Å². The molecule has 5 rings (SSSR count). The topological polar surface area (TPSA) is 132 Å². The number of ether oxygens (including phenoxy) is 1. The third-order valence-corrected chi connectivity index (χ3v) is 7.04. The molecule has 36 heavy (non-hydrogen) atoms. The van der Waals surface area contributed by atoms with Gasteiger partial charge < -0.3 is 19.6 Å². The Bertz CT molecular complexity index is 1270. The van der Waals surface area contributed by atoms with E-state index < -0.39 is 29.0 Å². The van der Waals surface area contributed by atoms with E-state index in [0.29, 0.717) is 17.6 Å². The Morgan fingerprint density at radius 2 is 1.94 bits per heavy atom. The highest BCUT2D eigenvalue weighted by Gasteiger charge is 2.59. The number of aliphatic hydroxyl groups is 1. The first-order valence-electron chi connectivity index (χ1n) is 11.7. The highest BCUT2D eigenvalue weighted by Crippen LogP contribution is 2.47. The number of nitro benzene ring substituents is 1. The first kappa shape index (κ1) is 23.7. The van der Waals surface area contributed by atoms with E-state index in [2.05, 4.69) is 5.16 Å². The Kier molecular flexibility index (Phi) is 6.05. The minimum absolute atomic E-state index is 0.0642. The van der Waals surface area contributed by atoms with Crippen LogP contribution in [0.1, 0.15) is 31.4 Å². The number of carbonyl (C=O) groups excluding carboxylic acids is 2. The zero-order valence-electron chi connectivity index (χ0n) is 19.7. The first-order valence-corrected chi connectivity index (χ1v) is 11.7. The fourth-order valence-electron chi connectivity index (χ4n) is 5.20. The number of nitrogens with zero attached hydrogens (tertiary/aromatic N) is 3. The first-order chi connectivity index (χ1) is 17.3. The molecule has 1 amide bonds. The number of rotatable bonds is 7. The van der Waals surface area contributed by atoms with E-state index in [1.165, 1.54) is 29.2 Å². The molecule has 10 nitrogen and oxygen atoms in total. The minimum Gasteiger partial charge on any atom is -0.456 e. The van der Waals surface area contributed by atoms with Crippen LogP contribution >= 0.6 is 0 Å². The van der Waals surface area contributed by atoms with Crippen LogP contribution in [0, 0.1) is 22.0 Å². The number of esters is 1. The van der Waals surface area contributed by atoms with Crippen LogP contribution in [0.4, 0.5) is 5.69 Å². The predicted molar refractivity (Wildman–Crippen MR) is 127 cm³/mol. The van der Waals surface area contributed by atoms with E-state index in [-0.39, 0.29) is 35.9 Å². The average Bonchev–Trinajstić information content (AvgIpc) is 3.40. The Hall–Kier alpha value is -4.05. The standard InChI is InChI=1S/C26H25N3O7/c1-14-22(17-6-4-3-5-7-17)27-36-24(14)19-12-20-21(15(2)30)25(31)28(20)23(19)26(32)35-13-16-8-10-18(11-9-16)29(33)34/h3-11,14-15,20-21,24,30H,12-13H2,1-2H3/t14-,15-,20-,21-,24+/m1/s1. The van der Waals surface area contributed by atoms with Crippen LogP contribution in [0.3, 0.4) is 0 Å². The quantitative estimate of drug-likeness (QED) is 0.273. The second-order valence-corrected chi connectivity index (χ2v) is 9.28. The van der Waals surface area contributed by atoms with Crippen molar-refractivity contribution in [3.8, 4) is 0 Å². The van der Waals surface area contributed by atoms with Gasteiger partial charge in [0.1, 0.15) is 12.3 Å². The van der Waals surface area contributed by atoms with Crippen LogP contribution < -0.4 is 0 Å². The van der Waals surface area contributed by atoms with Crippen LogP contribution in [0.2, 0.25) is 0 Å². The van der Waals surface area contributed by atoms with Crippen molar-refractivity contribution in [2.75, 3.05) is 0 Å². The number of benzene rings is 2. The van der Waals surface area contributed by atoms with E-state index in [0.717, 1.165) is 11.3 Å². The molecule has 2 aromatic rings. The summed E-state index contributed by atoms with van der Waals surface area (Å²) >= 11 is 0. The minimum atomic E-state index is -0.853. The molecule has 0 aromatic heterocycles. The Morgan fingerprint density at radius 3 is 2.58 bits per heavy atom. The molecule has 2 aromatic carbocycles. The number of carbonyl (C=O) groups is 2. The molecule has 3 aliphatic heterocycles. The number of fused-ring (bicyclic) bond motifs is 1. The second-order valence-electron chi connectivity index (χ2n) is 9.28. The van der Waals surface area contributed by atoms with E-state index in [1.807, 2.05) is 37.3 Å². The van der Waals surface area contributed by atoms with Gasteiger partial charge in [0.2, 0.25) is 5.91 Å². The van der Waals surface area contributed by atoms with Gasteiger partial charge in [0.05, 0.1) is 28.7 Å². The molecule has 10 heteroatoms. The van der Waals surface area contributed by atoms with E-state index in [4.69, 9.17) is 9.57 Å². The fraction of sp³-hybridized carbons (Fsp3) is 0.346. The Morgan fingerprint density at radius 1 is 1.25 bits per heavy atom. The number of oxime groups is 1. The van der Waals surface area contributed by atoms with Gasteiger partial charge >= 0.3 is 5.97 Å². The summed E-state index contributed by atoms with van der Waals surface area (Å²) in [5, 5.41) is 25.3. The zero-order valence-corrected chi connectivity index (χ0v) is 19.7. The Labute approximate surface area is 206 Å². The SMILES string of the molecule is C[C@@H]1C(c2ccccc2)=NO[C@@H]1C1=C(C(=O)OCc2ccc([N+](=O)[O-])cc2)N2C(=O)[C@H]([C@@H](C)O)[C@H]2C1. The van der Waals surface area contributed by atoms with Gasteiger partial charge in [-0.15, -0.1) is 0 Å². The average molecular weight is 492 g/mol. The maximum Gasteiger partial charge on any atom is 0.355 e. The predicted octanol–water partition coefficient (Wildman–Crippen LogP) is 2.94. The third-order valence-electron chi connectivity index (χ3n) is 7.04. The van der Waals surface area contributed by atoms with Crippen molar-refractivity contribution in [1.29, 1.82) is 0 Å². The summed E-state index contributed by atoms with van der Waals surface area (Å²) in [7, 11) is 0. The highest BCUT2D eigenvalue weighted by molar-refractivity contribution is 6.04. The summed E-state index contributed by atoms with van der Waals surface area (Å²) in [4.78, 5) is 43.8. The summed E-state index contributed by atoms with van der Waals surface area (Å²) in [5.41, 5.74) is 2.92. The van der Waals surface area contributed by atoms with Gasteiger partial charge in [-0.1, -0.05) is 42.4 Å². The lowest BCUT2D eigenvalue weighted by Gasteiger charge is -2.44. The molecule has 3 aliphatic rings. The van der Waals surface area contributed by atoms with Crippen molar-refractivity contribution in [3.63, 3.8) is 0 Å². The van der Waals surface area contributed by atoms with E-state index in [9.17, 15) is 24.8 Å². The van der Waals surface area contributed by atoms with Crippen molar-refractivity contribution in [2.45, 2.75) is 45.1 Å². The largest absolute Gasteiger partial charge is 0.456 e. The van der Waals surface area contributed by atoms with Crippen LogP contribution in [-0.2, 0) is 25.8 Å². The van der Waals surface area contributed by atoms with Crippen molar-refractivity contribution < 1.29 is 29.2 Å². The van der Waals surface area contributed by atoms with Crippen LogP contribution in [-0.4, -0.2) is 50.8 Å². The van der Waals surface area contributed by atoms with Gasteiger partial charge in [-0.3, -0.25) is 14.9 Å². The molecule has 186 valence electrons. The second kappa shape index (κ2) is 9.19. The summed E-state index contributed by atoms with van der Waals surface area (Å²) in [6, 6.07) is 14.9. The molecule has 0 saturated carbocycles. The number of β-lactam (4-membered cyclic amide) rings is 1.